The molecule has 0 fully saturated rings. The number of benzene rings is 3. The average Bonchev–Trinajstić information content (AvgIpc) is 2.83. The van der Waals surface area contributed by atoms with Gasteiger partial charge in [0.1, 0.15) is 0 Å². The minimum Gasteiger partial charge on any atom is -0.493 e. The maximum absolute atomic E-state index is 13.1. The molecular weight excluding hydrogens is 452 g/mol. The number of methoxy groups -OCH3 is 2. The molecule has 1 amide bonds. The van der Waals surface area contributed by atoms with Crippen molar-refractivity contribution >= 4 is 15.9 Å². The molecule has 0 aliphatic heterocycles. The van der Waals surface area contributed by atoms with Crippen LogP contribution in [0.3, 0.4) is 0 Å². The summed E-state index contributed by atoms with van der Waals surface area (Å²) in [5.41, 5.74) is 2.56. The van der Waals surface area contributed by atoms with E-state index in [2.05, 4.69) is 10.0 Å². The zero-order valence-electron chi connectivity index (χ0n) is 19.6. The number of amides is 1. The lowest BCUT2D eigenvalue weighted by Crippen LogP contribution is -2.34. The van der Waals surface area contributed by atoms with Crippen molar-refractivity contribution in [2.24, 2.45) is 0 Å². The fraction of sp³-hybridized carbons (Fsp3) is 0.269. The molecule has 0 bridgehead atoms. The summed E-state index contributed by atoms with van der Waals surface area (Å²) in [7, 11) is -0.922. The summed E-state index contributed by atoms with van der Waals surface area (Å²) >= 11 is 0. The van der Waals surface area contributed by atoms with Crippen LogP contribution in [0, 0.1) is 6.92 Å². The molecule has 0 aliphatic carbocycles. The van der Waals surface area contributed by atoms with Gasteiger partial charge in [-0.25, -0.2) is 13.1 Å². The highest BCUT2D eigenvalue weighted by Crippen LogP contribution is 2.36. The van der Waals surface area contributed by atoms with Gasteiger partial charge < -0.3 is 14.8 Å². The SMILES string of the molecule is COc1cccc([C@H](CC(=O)NCCc2ccccc2)NS(=O)(=O)c2ccc(C)cc2)c1OC. The van der Waals surface area contributed by atoms with Crippen LogP contribution in [0.15, 0.2) is 77.7 Å². The van der Waals surface area contributed by atoms with Crippen molar-refractivity contribution in [2.75, 3.05) is 20.8 Å². The Morgan fingerprint density at radius 2 is 1.62 bits per heavy atom. The van der Waals surface area contributed by atoms with E-state index >= 15 is 0 Å². The number of nitrogens with one attached hydrogen (secondary N) is 2. The van der Waals surface area contributed by atoms with Crippen molar-refractivity contribution in [3.05, 3.63) is 89.5 Å². The Kier molecular flexibility index (Phi) is 8.67. The first-order valence-electron chi connectivity index (χ1n) is 10.9. The molecule has 3 aromatic rings. The van der Waals surface area contributed by atoms with Crippen molar-refractivity contribution in [2.45, 2.75) is 30.7 Å². The molecule has 2 N–H and O–H groups in total. The molecule has 0 saturated carbocycles. The molecule has 0 aliphatic rings. The topological polar surface area (TPSA) is 93.7 Å². The number of para-hydroxylation sites is 1. The van der Waals surface area contributed by atoms with E-state index in [-0.39, 0.29) is 17.2 Å². The molecule has 0 heterocycles. The third-order valence-corrected chi connectivity index (χ3v) is 6.89. The van der Waals surface area contributed by atoms with Crippen LogP contribution in [0.1, 0.15) is 29.2 Å². The fourth-order valence-corrected chi connectivity index (χ4v) is 4.84. The van der Waals surface area contributed by atoms with Crippen molar-refractivity contribution in [3.8, 4) is 11.5 Å². The number of carbonyl (C=O) groups is 1. The quantitative estimate of drug-likeness (QED) is 0.434. The minimum absolute atomic E-state index is 0.108. The number of ether oxygens (including phenoxy) is 2. The maximum Gasteiger partial charge on any atom is 0.241 e. The van der Waals surface area contributed by atoms with E-state index in [0.29, 0.717) is 30.0 Å². The second-order valence-corrected chi connectivity index (χ2v) is 9.57. The van der Waals surface area contributed by atoms with Crippen LogP contribution in [0.2, 0.25) is 0 Å². The summed E-state index contributed by atoms with van der Waals surface area (Å²) < 4.78 is 39.9. The van der Waals surface area contributed by atoms with Gasteiger partial charge in [-0.1, -0.05) is 60.2 Å². The van der Waals surface area contributed by atoms with Crippen molar-refractivity contribution < 1.29 is 22.7 Å². The van der Waals surface area contributed by atoms with Gasteiger partial charge in [0, 0.05) is 18.5 Å². The molecule has 0 radical (unpaired) electrons. The lowest BCUT2D eigenvalue weighted by atomic mass is 10.0. The van der Waals surface area contributed by atoms with E-state index in [4.69, 9.17) is 9.47 Å². The summed E-state index contributed by atoms with van der Waals surface area (Å²) in [6.45, 7) is 2.32. The Morgan fingerprint density at radius 3 is 2.26 bits per heavy atom. The van der Waals surface area contributed by atoms with E-state index < -0.39 is 16.1 Å². The highest BCUT2D eigenvalue weighted by Gasteiger charge is 2.27. The zero-order valence-corrected chi connectivity index (χ0v) is 20.4. The first-order chi connectivity index (χ1) is 16.3. The molecule has 3 rings (SSSR count). The van der Waals surface area contributed by atoms with Gasteiger partial charge in [-0.2, -0.15) is 0 Å². The summed E-state index contributed by atoms with van der Waals surface area (Å²) in [6, 6.07) is 20.7. The van der Waals surface area contributed by atoms with Gasteiger partial charge in [0.2, 0.25) is 15.9 Å². The van der Waals surface area contributed by atoms with Gasteiger partial charge in [0.15, 0.2) is 11.5 Å². The third-order valence-electron chi connectivity index (χ3n) is 5.41. The van der Waals surface area contributed by atoms with Crippen LogP contribution in [0.5, 0.6) is 11.5 Å². The van der Waals surface area contributed by atoms with Crippen molar-refractivity contribution in [1.82, 2.24) is 10.0 Å². The molecule has 8 heteroatoms. The molecule has 7 nitrogen and oxygen atoms in total. The summed E-state index contributed by atoms with van der Waals surface area (Å²) in [5.74, 6) is 0.542. The van der Waals surface area contributed by atoms with E-state index in [1.165, 1.54) is 26.4 Å². The van der Waals surface area contributed by atoms with E-state index in [1.54, 1.807) is 30.3 Å². The van der Waals surface area contributed by atoms with Crippen LogP contribution in [-0.4, -0.2) is 35.1 Å². The Labute approximate surface area is 201 Å². The maximum atomic E-state index is 13.1. The normalized spacial score (nSPS) is 12.1. The number of carbonyl (C=O) groups excluding carboxylic acids is 1. The van der Waals surface area contributed by atoms with Gasteiger partial charge in [-0.05, 0) is 37.1 Å². The van der Waals surface area contributed by atoms with Gasteiger partial charge in [0.05, 0.1) is 25.2 Å². The monoisotopic (exact) mass is 482 g/mol. The second-order valence-electron chi connectivity index (χ2n) is 7.86. The van der Waals surface area contributed by atoms with E-state index in [1.807, 2.05) is 37.3 Å². The molecule has 0 spiro atoms. The summed E-state index contributed by atoms with van der Waals surface area (Å²) in [5, 5.41) is 2.88. The number of sulfonamides is 1. The lowest BCUT2D eigenvalue weighted by molar-refractivity contribution is -0.121. The van der Waals surface area contributed by atoms with Crippen LogP contribution in [0.25, 0.3) is 0 Å². The molecule has 34 heavy (non-hydrogen) atoms. The number of hydrogen-bond donors (Lipinski definition) is 2. The lowest BCUT2D eigenvalue weighted by Gasteiger charge is -2.22. The molecule has 180 valence electrons. The van der Waals surface area contributed by atoms with Crippen LogP contribution in [-0.2, 0) is 21.2 Å². The standard InChI is InChI=1S/C26H30N2O5S/c1-19-12-14-21(15-13-19)34(30,31)28-23(22-10-7-11-24(32-2)26(22)33-3)18-25(29)27-17-16-20-8-5-4-6-9-20/h4-15,23,28H,16-18H2,1-3H3,(H,27,29)/t23-/m0/s1. The Morgan fingerprint density at radius 1 is 0.912 bits per heavy atom. The van der Waals surface area contributed by atoms with Crippen molar-refractivity contribution in [3.63, 3.8) is 0 Å². The highest BCUT2D eigenvalue weighted by atomic mass is 32.2. The van der Waals surface area contributed by atoms with Gasteiger partial charge in [-0.3, -0.25) is 4.79 Å². The highest BCUT2D eigenvalue weighted by molar-refractivity contribution is 7.89. The first kappa shape index (κ1) is 25.3. The molecular formula is C26H30N2O5S. The third kappa shape index (κ3) is 6.59. The minimum atomic E-state index is -3.90. The number of aryl methyl sites for hydroxylation is 1. The van der Waals surface area contributed by atoms with Crippen LogP contribution < -0.4 is 19.5 Å². The zero-order chi connectivity index (χ0) is 24.6. The Hall–Kier alpha value is -3.36. The Balaban J connectivity index is 1.83. The van der Waals surface area contributed by atoms with E-state index in [0.717, 1.165) is 11.1 Å². The molecule has 0 unspecified atom stereocenters. The number of hydrogen-bond acceptors (Lipinski definition) is 5. The smallest absolute Gasteiger partial charge is 0.241 e. The largest absolute Gasteiger partial charge is 0.493 e. The average molecular weight is 483 g/mol. The van der Waals surface area contributed by atoms with Crippen LogP contribution >= 0.6 is 0 Å². The molecule has 0 saturated heterocycles. The Bertz CT molecular complexity index is 1200. The number of rotatable bonds is 11. The molecule has 3 aromatic carbocycles. The molecule has 0 aromatic heterocycles. The predicted octanol–water partition coefficient (Wildman–Crippen LogP) is 3.78. The predicted molar refractivity (Wildman–Crippen MR) is 132 cm³/mol. The van der Waals surface area contributed by atoms with Gasteiger partial charge in [-0.15, -0.1) is 0 Å². The molecule has 1 atom stereocenters. The van der Waals surface area contributed by atoms with Crippen molar-refractivity contribution in [1.29, 1.82) is 0 Å². The first-order valence-corrected chi connectivity index (χ1v) is 12.4. The second kappa shape index (κ2) is 11.7. The fourth-order valence-electron chi connectivity index (χ4n) is 3.62. The van der Waals surface area contributed by atoms with Gasteiger partial charge in [0.25, 0.3) is 0 Å². The van der Waals surface area contributed by atoms with Gasteiger partial charge >= 0.3 is 0 Å². The van der Waals surface area contributed by atoms with Crippen LogP contribution in [0.4, 0.5) is 0 Å². The van der Waals surface area contributed by atoms with E-state index in [9.17, 15) is 13.2 Å². The summed E-state index contributed by atoms with van der Waals surface area (Å²) in [6.07, 6.45) is 0.568. The summed E-state index contributed by atoms with van der Waals surface area (Å²) in [4.78, 5) is 12.9.